The van der Waals surface area contributed by atoms with E-state index in [1.54, 1.807) is 49.0 Å². The summed E-state index contributed by atoms with van der Waals surface area (Å²) in [5.41, 5.74) is 13.3. The number of hydrogen-bond donors (Lipinski definition) is 22. The van der Waals surface area contributed by atoms with Gasteiger partial charge in [0.2, 0.25) is 59.3 Å². The first kappa shape index (κ1) is 99.6. The summed E-state index contributed by atoms with van der Waals surface area (Å²) < 4.78 is 40.3. The van der Waals surface area contributed by atoms with Crippen molar-refractivity contribution < 1.29 is 142 Å². The summed E-state index contributed by atoms with van der Waals surface area (Å²) in [6.45, 7) is 4.85. The molecule has 11 bridgehead atoms. The average Bonchev–Trinajstić information content (AvgIpc) is 0.767. The van der Waals surface area contributed by atoms with E-state index in [-0.39, 0.29) is 75.2 Å². The minimum absolute atomic E-state index is 0.110. The van der Waals surface area contributed by atoms with E-state index in [1.807, 2.05) is 0 Å². The maximum Gasteiger partial charge on any atom is 0.352 e. The zero-order valence-corrected chi connectivity index (χ0v) is 76.5. The Morgan fingerprint density at radius 1 is 0.757 bits per heavy atom. The number of aromatic hydroxyl groups is 3. The molecule has 11 heterocycles. The minimum atomic E-state index is -2.41. The molecule has 49 heteroatoms. The molecule has 7 aromatic rings. The first-order valence-corrected chi connectivity index (χ1v) is 45.4. The Labute approximate surface area is 795 Å². The molecule has 0 aliphatic carbocycles. The molecule has 44 nitrogen and oxygen atoms in total. The van der Waals surface area contributed by atoms with E-state index in [0.29, 0.717) is 5.57 Å². The van der Waals surface area contributed by atoms with Gasteiger partial charge in [0.1, 0.15) is 129 Å². The van der Waals surface area contributed by atoms with Crippen LogP contribution in [-0.2, 0) is 78.3 Å². The second-order valence-corrected chi connectivity index (χ2v) is 37.2. The number of ether oxygens (including phenoxy) is 6. The molecule has 9 aliphatic rings. The van der Waals surface area contributed by atoms with Crippen LogP contribution in [0.5, 0.6) is 46.0 Å². The molecule has 5 aromatic carbocycles. The number of amides is 10. The molecule has 136 heavy (non-hydrogen) atoms. The van der Waals surface area contributed by atoms with E-state index in [4.69, 9.17) is 85.3 Å². The summed E-state index contributed by atoms with van der Waals surface area (Å²) in [4.78, 5) is 173. The zero-order chi connectivity index (χ0) is 98.1. The molecule has 2 aromatic heterocycles. The maximum atomic E-state index is 16.4. The third-order valence-electron chi connectivity index (χ3n) is 23.4. The summed E-state index contributed by atoms with van der Waals surface area (Å²) in [5, 5.41) is 142. The van der Waals surface area contributed by atoms with E-state index < -0.39 is 296 Å². The summed E-state index contributed by atoms with van der Waals surface area (Å²) in [6, 6.07) is 3.03. The molecule has 3 saturated heterocycles. The number of nitrogen functional groups attached to an aromatic ring is 1. The molecule has 724 valence electrons. The average molecular weight is 1980 g/mol. The first-order chi connectivity index (χ1) is 64.6. The van der Waals surface area contributed by atoms with E-state index in [0.717, 1.165) is 83.0 Å². The number of thioether (sulfide) groups is 1. The van der Waals surface area contributed by atoms with Gasteiger partial charge in [0, 0.05) is 65.6 Å². The molecule has 3 fully saturated rings. The van der Waals surface area contributed by atoms with Crippen LogP contribution in [0, 0.1) is 5.92 Å². The topological polar surface area (TPSA) is 673 Å². The van der Waals surface area contributed by atoms with Crippen molar-refractivity contribution in [2.75, 3.05) is 38.3 Å². The lowest BCUT2D eigenvalue weighted by Gasteiger charge is -2.49. The number of nitrogens with one attached hydrogen (secondary N) is 9. The molecule has 9 aliphatic heterocycles. The Hall–Kier alpha value is -12.4. The lowest BCUT2D eigenvalue weighted by Crippen LogP contribution is -2.71. The van der Waals surface area contributed by atoms with Crippen molar-refractivity contribution in [3.05, 3.63) is 169 Å². The predicted molar refractivity (Wildman–Crippen MR) is 480 cm³/mol. The molecule has 20 atom stereocenters. The summed E-state index contributed by atoms with van der Waals surface area (Å²) in [7, 11) is 1.46. The predicted octanol–water partition coefficient (Wildman–Crippen LogP) is 0.367. The highest BCUT2D eigenvalue weighted by atomic mass is 35.5. The monoisotopic (exact) mass is 1980 g/mol. The van der Waals surface area contributed by atoms with Gasteiger partial charge in [-0.1, -0.05) is 89.4 Å². The molecular formula is C87H96Cl3N16O28S2+. The molecule has 2 unspecified atom stereocenters. The number of carboxylic acid groups (broad SMARTS) is 1. The number of carbonyl (C=O) groups excluding carboxylic acids is 10. The number of nitrogens with two attached hydrogens (primary N) is 3. The van der Waals surface area contributed by atoms with Gasteiger partial charge in [0.05, 0.1) is 41.3 Å². The van der Waals surface area contributed by atoms with Crippen LogP contribution in [0.1, 0.15) is 117 Å². The number of oxime groups is 1. The molecule has 10 amide bonds. The molecule has 16 rings (SSSR count). The fourth-order valence-corrected chi connectivity index (χ4v) is 19.2. The zero-order valence-electron chi connectivity index (χ0n) is 72.6. The highest BCUT2D eigenvalue weighted by molar-refractivity contribution is 8.00. The van der Waals surface area contributed by atoms with Gasteiger partial charge in [-0.3, -0.25) is 52.8 Å². The second-order valence-electron chi connectivity index (χ2n) is 33.6. The number of pyridine rings is 1. The molecule has 0 saturated carbocycles. The van der Waals surface area contributed by atoms with Crippen LogP contribution in [0.2, 0.25) is 14.4 Å². The number of aliphatic hydroxyl groups excluding tert-OH is 6. The Balaban J connectivity index is 0.849. The lowest BCUT2D eigenvalue weighted by atomic mass is 9.86. The van der Waals surface area contributed by atoms with E-state index in [1.165, 1.54) is 44.8 Å². The number of aliphatic carboxylic acids is 1. The number of rotatable bonds is 24. The number of carbonyl (C=O) groups is 11. The number of likely N-dealkylation sites (N-methyl/N-ethyl adjacent to an activating group) is 1. The van der Waals surface area contributed by atoms with Crippen molar-refractivity contribution in [1.29, 1.82) is 0 Å². The highest BCUT2D eigenvalue weighted by Gasteiger charge is 2.56. The van der Waals surface area contributed by atoms with Crippen molar-refractivity contribution in [3.63, 3.8) is 0 Å². The summed E-state index contributed by atoms with van der Waals surface area (Å²) in [5.74, 6) is -18.9. The number of benzene rings is 5. The number of aliphatic hydroxyl groups is 6. The molecule has 0 spiro atoms. The number of β-lactam (4-membered cyclic amide) rings is 1. The second kappa shape index (κ2) is 41.7. The Morgan fingerprint density at radius 3 is 2.04 bits per heavy atom. The van der Waals surface area contributed by atoms with E-state index in [2.05, 4.69) is 58.0 Å². The SMILES string of the molecule is CN[C@H](CC(C)C)C(=O)NC1C(=O)N[C@@H](CC(N)=O)C(=O)NC2C(=O)N[C@H]3C(=O)N[C@H](C(=O)N[C@H](C(=O)NCCCO/N=C(/C(=O)N[C@@H]4C(=O)N5C(C(=O)O)=C(C[n+]6ccccc6)CS[C@H]45)c4nc(N)sc4Cl)c4cc(O)cc(O)c4-c4cc3ccc4O)[C@H](O)c3ccc(c(Cl)c3)Oc3cc2cc(c3O[C@@H]2O[C@H](CO)[C@@H](O)[C@H](O)[C@H]2O[C@H]2C[C@](C)(N)[C@H](O)[C@H](C)O2)Oc2ccc(cc2Cl)[C@H]1O. The van der Waals surface area contributed by atoms with Crippen LogP contribution < -0.4 is 83.8 Å². The van der Waals surface area contributed by atoms with Gasteiger partial charge in [0.15, 0.2) is 53.7 Å². The van der Waals surface area contributed by atoms with Gasteiger partial charge in [-0.15, -0.1) is 11.8 Å². The number of aromatic nitrogens is 2. The number of fused-ring (bicyclic) bond motifs is 16. The van der Waals surface area contributed by atoms with Crippen molar-refractivity contribution in [1.82, 2.24) is 57.7 Å². The van der Waals surface area contributed by atoms with Crippen LogP contribution in [0.3, 0.4) is 0 Å². The van der Waals surface area contributed by atoms with E-state index in [9.17, 15) is 75.0 Å². The normalized spacial score (nSPS) is 27.1. The van der Waals surface area contributed by atoms with Crippen LogP contribution >= 0.6 is 57.9 Å². The van der Waals surface area contributed by atoms with Crippen molar-refractivity contribution >= 4 is 134 Å². The van der Waals surface area contributed by atoms with Crippen LogP contribution in [0.25, 0.3) is 11.1 Å². The van der Waals surface area contributed by atoms with Crippen molar-refractivity contribution in [2.24, 2.45) is 22.5 Å². The number of halogens is 3. The number of phenols is 3. The number of primary amides is 1. The maximum absolute atomic E-state index is 16.4. The highest BCUT2D eigenvalue weighted by Crippen LogP contribution is 2.51. The Morgan fingerprint density at radius 2 is 1.41 bits per heavy atom. The van der Waals surface area contributed by atoms with Gasteiger partial charge in [-0.2, -0.15) is 0 Å². The number of hydrogen-bond acceptors (Lipinski definition) is 34. The Bertz CT molecular complexity index is 5920. The lowest BCUT2D eigenvalue weighted by molar-refractivity contribution is -0.689. The van der Waals surface area contributed by atoms with Crippen LogP contribution in [-0.4, -0.2) is 255 Å². The van der Waals surface area contributed by atoms with Crippen LogP contribution in [0.15, 0.2) is 126 Å². The van der Waals surface area contributed by atoms with E-state index >= 15 is 28.8 Å². The van der Waals surface area contributed by atoms with Gasteiger partial charge in [-0.05, 0) is 116 Å². The molecule has 25 N–H and O–H groups in total. The number of thiazole rings is 1. The number of nitrogens with zero attached hydrogens (tertiary/aromatic N) is 4. The third-order valence-corrected chi connectivity index (χ3v) is 26.4. The van der Waals surface area contributed by atoms with Gasteiger partial charge in [0.25, 0.3) is 11.8 Å². The number of anilines is 1. The third kappa shape index (κ3) is 21.4. The fraction of sp³-hybridized carbons (Fsp3) is 0.402. The van der Waals surface area contributed by atoms with Gasteiger partial charge < -0.3 is 149 Å². The smallest absolute Gasteiger partial charge is 0.352 e. The summed E-state index contributed by atoms with van der Waals surface area (Å²) >= 11 is 22.8. The Kier molecular flexibility index (Phi) is 30.5. The fourth-order valence-electron chi connectivity index (χ4n) is 16.5. The van der Waals surface area contributed by atoms with Gasteiger partial charge >= 0.3 is 5.97 Å². The quantitative estimate of drug-likeness (QED) is 0.0128. The number of carboxylic acids is 1. The van der Waals surface area contributed by atoms with Gasteiger partial charge in [-0.25, -0.2) is 14.3 Å². The van der Waals surface area contributed by atoms with Crippen LogP contribution in [0.4, 0.5) is 5.13 Å². The molecule has 0 radical (unpaired) electrons. The molecular weight excluding hydrogens is 1890 g/mol. The minimum Gasteiger partial charge on any atom is -0.508 e. The largest absolute Gasteiger partial charge is 0.508 e. The van der Waals surface area contributed by atoms with Crippen molar-refractivity contribution in [2.45, 2.75) is 181 Å². The van der Waals surface area contributed by atoms with Crippen molar-refractivity contribution in [3.8, 4) is 57.1 Å². The first-order valence-electron chi connectivity index (χ1n) is 42.4. The summed E-state index contributed by atoms with van der Waals surface area (Å²) in [6.07, 6.45) is -15.9. The standard InChI is InChI=1S/C87H95Cl3N16O28S2/c1-33(2)20-45(94-5)74(117)100-62-66(112)36-11-14-49(43(88)22-36)130-51-24-38-25-52(70(51)134-85-71(69(115)68(114)53(31-107)132-85)133-55-29-87(4,93)72(116)34(3)129-55)131-50-15-12-37(23-44(50)89)67(113)63-81(124)99-59(42-26-40(108)27-48(110)56(42)41-21-35(10-13-47(41)109)57(77(120)101-63)98-78(121)58(38)97-75(118)46(28-54(91)111)96-80(62)123)76(119)95-16-9-19-128-104-61(60-73(90)136-86(92)103-60)79(122)102-64-82(125)106-65(84(126)127)39(32-135-83(64)106)30-105-17-7-6-8-18-105/h6-8,10-15,17-18,21-27,33-34,45-46,53,55,57-59,62-64,66-69,71-72,83,85,94,107,112-116H,9,16,19-20,28-32,93H2,1-5H3,(H15-,91,92,95,96,97,98,99,100,101,102,103,104,108,109,110,111,117,118,119,120,121,122,123,124,126,127)/p+1/t34-,45+,46-,53+,55-,57+,58?,59-,62?,63-,64+,66+,67+,68+,69-,71+,72+,83+,85-,87-/m0/s1. The number of phenolic OH excluding ortho intramolecular Hbond substituents is 3.